The largest absolute Gasteiger partial charge is 0.477 e. The first-order valence-electron chi connectivity index (χ1n) is 9.38. The first kappa shape index (κ1) is 21.5. The van der Waals surface area contributed by atoms with E-state index in [1.54, 1.807) is 19.1 Å². The maximum atomic E-state index is 12.9. The summed E-state index contributed by atoms with van der Waals surface area (Å²) in [6, 6.07) is 13.1. The minimum Gasteiger partial charge on any atom is -0.477 e. The predicted octanol–water partition coefficient (Wildman–Crippen LogP) is 3.83. The molecule has 3 rings (SSSR count). The van der Waals surface area contributed by atoms with Gasteiger partial charge >= 0.3 is 5.97 Å². The molecule has 2 aromatic carbocycles. The number of nitrogens with one attached hydrogen (secondary N) is 2. The molecule has 2 atom stereocenters. The Hall–Kier alpha value is -3.16. The molecule has 0 bridgehead atoms. The van der Waals surface area contributed by atoms with Gasteiger partial charge in [-0.1, -0.05) is 41.9 Å². The molecule has 1 aromatic heterocycles. The number of aromatic amines is 1. The number of H-pyrrole nitrogens is 1. The number of ether oxygens (including phenoxy) is 1. The van der Waals surface area contributed by atoms with Gasteiger partial charge in [0.25, 0.3) is 11.5 Å². The molecule has 0 aliphatic heterocycles. The Morgan fingerprint density at radius 1 is 1.20 bits per heavy atom. The number of aromatic carboxylic acids is 1. The molecule has 30 heavy (non-hydrogen) atoms. The van der Waals surface area contributed by atoms with Gasteiger partial charge in [0, 0.05) is 17.0 Å². The summed E-state index contributed by atoms with van der Waals surface area (Å²) < 4.78 is 5.64. The van der Waals surface area contributed by atoms with Crippen LogP contribution in [0.5, 0.6) is 0 Å². The van der Waals surface area contributed by atoms with Crippen molar-refractivity contribution in [2.24, 2.45) is 0 Å². The Morgan fingerprint density at radius 3 is 2.53 bits per heavy atom. The van der Waals surface area contributed by atoms with E-state index in [4.69, 9.17) is 16.3 Å². The number of fused-ring (bicyclic) bond motifs is 1. The lowest BCUT2D eigenvalue weighted by molar-refractivity contribution is -0.133. The zero-order valence-electron chi connectivity index (χ0n) is 16.4. The van der Waals surface area contributed by atoms with Crippen LogP contribution in [0.3, 0.4) is 0 Å². The quantitative estimate of drug-likeness (QED) is 0.530. The lowest BCUT2D eigenvalue weighted by Crippen LogP contribution is -2.33. The number of carboxylic acids is 1. The topological polar surface area (TPSA) is 108 Å². The van der Waals surface area contributed by atoms with E-state index in [2.05, 4.69) is 10.3 Å². The first-order chi connectivity index (χ1) is 14.3. The lowest BCUT2D eigenvalue weighted by Gasteiger charge is -2.22. The molecule has 3 aromatic rings. The molecule has 0 aliphatic rings. The second-order valence-electron chi connectivity index (χ2n) is 6.75. The van der Waals surface area contributed by atoms with Gasteiger partial charge in [0.05, 0.1) is 11.6 Å². The molecule has 0 fully saturated rings. The summed E-state index contributed by atoms with van der Waals surface area (Å²) in [5, 5.41) is 12.9. The highest BCUT2D eigenvalue weighted by molar-refractivity contribution is 6.31. The molecule has 0 saturated heterocycles. The molecule has 8 heteroatoms. The van der Waals surface area contributed by atoms with Gasteiger partial charge in [-0.15, -0.1) is 0 Å². The smallest absolute Gasteiger partial charge is 0.341 e. The van der Waals surface area contributed by atoms with Crippen molar-refractivity contribution in [2.75, 3.05) is 6.61 Å². The number of carbonyl (C=O) groups is 2. The van der Waals surface area contributed by atoms with Crippen LogP contribution in [0.15, 0.2) is 53.3 Å². The van der Waals surface area contributed by atoms with E-state index < -0.39 is 23.7 Å². The van der Waals surface area contributed by atoms with Crippen molar-refractivity contribution in [1.29, 1.82) is 0 Å². The van der Waals surface area contributed by atoms with Crippen molar-refractivity contribution in [3.63, 3.8) is 0 Å². The van der Waals surface area contributed by atoms with Crippen molar-refractivity contribution >= 4 is 34.4 Å². The van der Waals surface area contributed by atoms with E-state index in [9.17, 15) is 19.5 Å². The number of hydrogen-bond acceptors (Lipinski definition) is 4. The molecule has 0 aliphatic carbocycles. The Bertz CT molecular complexity index is 1140. The highest BCUT2D eigenvalue weighted by atomic mass is 35.5. The Labute approximate surface area is 177 Å². The van der Waals surface area contributed by atoms with Crippen molar-refractivity contribution < 1.29 is 19.4 Å². The minimum atomic E-state index is -1.33. The molecule has 0 spiro atoms. The van der Waals surface area contributed by atoms with Crippen LogP contribution in [0.2, 0.25) is 5.02 Å². The molecule has 1 heterocycles. The average molecular weight is 429 g/mol. The third kappa shape index (κ3) is 4.53. The summed E-state index contributed by atoms with van der Waals surface area (Å²) in [6.07, 6.45) is -0.790. The van der Waals surface area contributed by atoms with Gasteiger partial charge in [0.1, 0.15) is 5.56 Å². The van der Waals surface area contributed by atoms with Crippen molar-refractivity contribution in [3.8, 4) is 0 Å². The summed E-state index contributed by atoms with van der Waals surface area (Å²) in [5.74, 6) is -1.67. The maximum absolute atomic E-state index is 12.9. The maximum Gasteiger partial charge on any atom is 0.341 e. The van der Waals surface area contributed by atoms with E-state index in [1.807, 2.05) is 37.3 Å². The van der Waals surface area contributed by atoms with Crippen LogP contribution < -0.4 is 10.9 Å². The molecule has 156 valence electrons. The number of benzene rings is 2. The fourth-order valence-corrected chi connectivity index (χ4v) is 3.53. The summed E-state index contributed by atoms with van der Waals surface area (Å²) in [5.41, 5.74) is 0.582. The van der Waals surface area contributed by atoms with Gasteiger partial charge in [-0.25, -0.2) is 4.79 Å². The van der Waals surface area contributed by atoms with Crippen molar-refractivity contribution in [2.45, 2.75) is 26.0 Å². The van der Waals surface area contributed by atoms with Crippen molar-refractivity contribution in [3.05, 3.63) is 80.6 Å². The van der Waals surface area contributed by atoms with E-state index in [1.165, 1.54) is 6.07 Å². The third-order valence-electron chi connectivity index (χ3n) is 4.68. The Morgan fingerprint density at radius 2 is 1.90 bits per heavy atom. The zero-order chi connectivity index (χ0) is 21.8. The number of rotatable bonds is 7. The lowest BCUT2D eigenvalue weighted by atomic mass is 10.0. The number of hydrogen-bond donors (Lipinski definition) is 3. The average Bonchev–Trinajstić information content (AvgIpc) is 2.71. The number of amides is 1. The van der Waals surface area contributed by atoms with Crippen LogP contribution in [0.25, 0.3) is 10.9 Å². The second-order valence-corrected chi connectivity index (χ2v) is 7.19. The van der Waals surface area contributed by atoms with Gasteiger partial charge in [-0.3, -0.25) is 9.59 Å². The van der Waals surface area contributed by atoms with E-state index >= 15 is 0 Å². The van der Waals surface area contributed by atoms with Gasteiger partial charge in [0.15, 0.2) is 6.10 Å². The molecular weight excluding hydrogens is 408 g/mol. The minimum absolute atomic E-state index is 0.340. The molecule has 7 nitrogen and oxygen atoms in total. The number of aromatic nitrogens is 1. The Balaban J connectivity index is 1.97. The fourth-order valence-electron chi connectivity index (χ4n) is 3.29. The summed E-state index contributed by atoms with van der Waals surface area (Å²) in [7, 11) is 0. The van der Waals surface area contributed by atoms with Crippen LogP contribution in [-0.4, -0.2) is 28.6 Å². The molecule has 3 N–H and O–H groups in total. The summed E-state index contributed by atoms with van der Waals surface area (Å²) >= 11 is 6.21. The number of pyridine rings is 1. The molecular formula is C22H21ClN2O5. The van der Waals surface area contributed by atoms with E-state index in [0.29, 0.717) is 28.1 Å². The third-order valence-corrected chi connectivity index (χ3v) is 4.89. The summed E-state index contributed by atoms with van der Waals surface area (Å²) in [4.78, 5) is 38.9. The first-order valence-corrected chi connectivity index (χ1v) is 9.76. The van der Waals surface area contributed by atoms with Crippen LogP contribution in [-0.2, 0) is 9.53 Å². The number of carbonyl (C=O) groups excluding carboxylic acids is 1. The number of halogens is 1. The van der Waals surface area contributed by atoms with E-state index in [-0.39, 0.29) is 11.5 Å². The molecule has 1 amide bonds. The van der Waals surface area contributed by atoms with E-state index in [0.717, 1.165) is 5.56 Å². The van der Waals surface area contributed by atoms with Crippen LogP contribution >= 0.6 is 11.6 Å². The molecule has 0 radical (unpaired) electrons. The second kappa shape index (κ2) is 9.11. The zero-order valence-corrected chi connectivity index (χ0v) is 17.2. The van der Waals surface area contributed by atoms with Gasteiger partial charge in [0.2, 0.25) is 0 Å². The van der Waals surface area contributed by atoms with Crippen LogP contribution in [0.1, 0.15) is 47.5 Å². The van der Waals surface area contributed by atoms with Gasteiger partial charge in [-0.2, -0.15) is 0 Å². The number of carboxylic acid groups (broad SMARTS) is 1. The van der Waals surface area contributed by atoms with Gasteiger partial charge in [-0.05, 0) is 43.2 Å². The monoisotopic (exact) mass is 428 g/mol. The van der Waals surface area contributed by atoms with Crippen LogP contribution in [0.4, 0.5) is 0 Å². The van der Waals surface area contributed by atoms with Crippen molar-refractivity contribution in [1.82, 2.24) is 10.3 Å². The SMILES string of the molecule is CCOC(C(=O)NC(C)c1cc(Cl)cc2cc(C(=O)O)c(=O)[nH]c12)c1ccccc1. The van der Waals surface area contributed by atoms with Crippen LogP contribution in [0, 0.1) is 0 Å². The highest BCUT2D eigenvalue weighted by Gasteiger charge is 2.24. The Kier molecular flexibility index (Phi) is 6.54. The normalized spacial score (nSPS) is 13.0. The van der Waals surface area contributed by atoms with Gasteiger partial charge < -0.3 is 20.1 Å². The standard InChI is InChI=1S/C22H21ClN2O5/c1-3-30-19(13-7-5-4-6-8-13)21(27)24-12(2)16-11-15(23)9-14-10-17(22(28)29)20(26)25-18(14)16/h4-12,19H,3H2,1-2H3,(H,24,27)(H,25,26)(H,28,29). The highest BCUT2D eigenvalue weighted by Crippen LogP contribution is 2.28. The molecule has 2 unspecified atom stereocenters. The molecule has 0 saturated carbocycles. The fraction of sp³-hybridized carbons (Fsp3) is 0.227. The predicted molar refractivity (Wildman–Crippen MR) is 114 cm³/mol. The summed E-state index contributed by atoms with van der Waals surface area (Å²) in [6.45, 7) is 3.91.